The standard InChI is InChI=1S/C20H24N2O2S/c1-15-3-7-17(8-4-15)21-19(23)11-13-25-14-12-20(24)22-18-9-5-16(2)6-10-18/h3-10H,11-14H2,1-2H3,(H,21,23)(H,22,24). The maximum atomic E-state index is 11.9. The highest BCUT2D eigenvalue weighted by Gasteiger charge is 2.05. The Hall–Kier alpha value is -2.27. The number of nitrogens with one attached hydrogen (secondary N) is 2. The second-order valence-electron chi connectivity index (χ2n) is 5.94. The zero-order valence-electron chi connectivity index (χ0n) is 14.7. The number of hydrogen-bond acceptors (Lipinski definition) is 3. The van der Waals surface area contributed by atoms with E-state index >= 15 is 0 Å². The van der Waals surface area contributed by atoms with Crippen molar-refractivity contribution in [1.82, 2.24) is 0 Å². The maximum absolute atomic E-state index is 11.9. The molecule has 2 aromatic carbocycles. The number of hydrogen-bond donors (Lipinski definition) is 2. The van der Waals surface area contributed by atoms with Crippen LogP contribution in [0.3, 0.4) is 0 Å². The molecule has 0 radical (unpaired) electrons. The molecular formula is C20H24N2O2S. The molecule has 5 heteroatoms. The topological polar surface area (TPSA) is 58.2 Å². The summed E-state index contributed by atoms with van der Waals surface area (Å²) in [7, 11) is 0. The van der Waals surface area contributed by atoms with Gasteiger partial charge in [-0.25, -0.2) is 0 Å². The SMILES string of the molecule is Cc1ccc(NC(=O)CCSCCC(=O)Nc2ccc(C)cc2)cc1. The van der Waals surface area contributed by atoms with Crippen LogP contribution in [0.25, 0.3) is 0 Å². The first-order valence-electron chi connectivity index (χ1n) is 8.34. The highest BCUT2D eigenvalue weighted by atomic mass is 32.2. The lowest BCUT2D eigenvalue weighted by Gasteiger charge is -2.07. The average molecular weight is 356 g/mol. The Labute approximate surface area is 153 Å². The van der Waals surface area contributed by atoms with E-state index in [0.29, 0.717) is 24.3 Å². The largest absolute Gasteiger partial charge is 0.326 e. The number of aryl methyl sites for hydroxylation is 2. The summed E-state index contributed by atoms with van der Waals surface area (Å²) >= 11 is 1.61. The summed E-state index contributed by atoms with van der Waals surface area (Å²) in [5.41, 5.74) is 3.96. The van der Waals surface area contributed by atoms with Crippen molar-refractivity contribution in [3.63, 3.8) is 0 Å². The van der Waals surface area contributed by atoms with Crippen LogP contribution in [0.1, 0.15) is 24.0 Å². The second-order valence-corrected chi connectivity index (χ2v) is 7.17. The molecule has 2 N–H and O–H groups in total. The summed E-state index contributed by atoms with van der Waals surface area (Å²) in [6, 6.07) is 15.5. The molecule has 132 valence electrons. The minimum atomic E-state index is 0.000426. The van der Waals surface area contributed by atoms with Crippen molar-refractivity contribution in [2.45, 2.75) is 26.7 Å². The van der Waals surface area contributed by atoms with Crippen molar-refractivity contribution in [3.05, 3.63) is 59.7 Å². The molecule has 0 aliphatic rings. The fourth-order valence-corrected chi connectivity index (χ4v) is 3.02. The van der Waals surface area contributed by atoms with Gasteiger partial charge in [-0.2, -0.15) is 11.8 Å². The van der Waals surface area contributed by atoms with E-state index in [-0.39, 0.29) is 11.8 Å². The summed E-state index contributed by atoms with van der Waals surface area (Å²) in [4.78, 5) is 23.7. The molecule has 0 atom stereocenters. The van der Waals surface area contributed by atoms with Gasteiger partial charge in [-0.05, 0) is 38.1 Å². The highest BCUT2D eigenvalue weighted by Crippen LogP contribution is 2.12. The monoisotopic (exact) mass is 356 g/mol. The van der Waals surface area contributed by atoms with Gasteiger partial charge in [0.05, 0.1) is 0 Å². The molecular weight excluding hydrogens is 332 g/mol. The van der Waals surface area contributed by atoms with Gasteiger partial charge in [0.1, 0.15) is 0 Å². The van der Waals surface area contributed by atoms with Crippen LogP contribution in [-0.2, 0) is 9.59 Å². The maximum Gasteiger partial charge on any atom is 0.225 e. The number of anilines is 2. The van der Waals surface area contributed by atoms with E-state index in [1.54, 1.807) is 11.8 Å². The predicted octanol–water partition coefficient (Wildman–Crippen LogP) is 4.39. The first-order valence-corrected chi connectivity index (χ1v) is 9.49. The molecule has 0 saturated carbocycles. The third kappa shape index (κ3) is 7.44. The van der Waals surface area contributed by atoms with Crippen molar-refractivity contribution in [2.75, 3.05) is 22.1 Å². The average Bonchev–Trinajstić information content (AvgIpc) is 2.59. The van der Waals surface area contributed by atoms with Crippen LogP contribution in [0.5, 0.6) is 0 Å². The van der Waals surface area contributed by atoms with Crippen LogP contribution < -0.4 is 10.6 Å². The fourth-order valence-electron chi connectivity index (χ4n) is 2.15. The lowest BCUT2D eigenvalue weighted by Crippen LogP contribution is -2.14. The van der Waals surface area contributed by atoms with Crippen LogP contribution in [0.4, 0.5) is 11.4 Å². The fraction of sp³-hybridized carbons (Fsp3) is 0.300. The van der Waals surface area contributed by atoms with Gasteiger partial charge in [-0.3, -0.25) is 9.59 Å². The van der Waals surface area contributed by atoms with E-state index in [4.69, 9.17) is 0 Å². The first kappa shape index (κ1) is 19.1. The van der Waals surface area contributed by atoms with Gasteiger partial charge in [0.2, 0.25) is 11.8 Å². The number of amides is 2. The smallest absolute Gasteiger partial charge is 0.225 e. The van der Waals surface area contributed by atoms with Gasteiger partial charge >= 0.3 is 0 Å². The zero-order valence-corrected chi connectivity index (χ0v) is 15.5. The van der Waals surface area contributed by atoms with E-state index in [2.05, 4.69) is 10.6 Å². The zero-order chi connectivity index (χ0) is 18.1. The minimum absolute atomic E-state index is 0.000426. The van der Waals surface area contributed by atoms with E-state index in [9.17, 15) is 9.59 Å². The van der Waals surface area contributed by atoms with Crippen molar-refractivity contribution in [3.8, 4) is 0 Å². The van der Waals surface area contributed by atoms with Crippen LogP contribution in [0.15, 0.2) is 48.5 Å². The molecule has 25 heavy (non-hydrogen) atoms. The van der Waals surface area contributed by atoms with Crippen molar-refractivity contribution in [2.24, 2.45) is 0 Å². The van der Waals surface area contributed by atoms with Crippen LogP contribution in [0, 0.1) is 13.8 Å². The summed E-state index contributed by atoms with van der Waals surface area (Å²) < 4.78 is 0. The van der Waals surface area contributed by atoms with Gasteiger partial charge in [0.25, 0.3) is 0 Å². The quantitative estimate of drug-likeness (QED) is 0.690. The molecule has 0 saturated heterocycles. The Kier molecular flexibility index (Phi) is 7.54. The number of carbonyl (C=O) groups excluding carboxylic acids is 2. The molecule has 0 bridgehead atoms. The predicted molar refractivity (Wildman–Crippen MR) is 106 cm³/mol. The van der Waals surface area contributed by atoms with E-state index in [1.807, 2.05) is 62.4 Å². The molecule has 2 aromatic rings. The molecule has 0 spiro atoms. The van der Waals surface area contributed by atoms with Crippen LogP contribution >= 0.6 is 11.8 Å². The lowest BCUT2D eigenvalue weighted by molar-refractivity contribution is -0.116. The van der Waals surface area contributed by atoms with Gasteiger partial charge < -0.3 is 10.6 Å². The number of benzene rings is 2. The molecule has 0 fully saturated rings. The summed E-state index contributed by atoms with van der Waals surface area (Å²) in [5.74, 6) is 1.41. The van der Waals surface area contributed by atoms with Gasteiger partial charge in [-0.15, -0.1) is 0 Å². The molecule has 2 amide bonds. The first-order chi connectivity index (χ1) is 12.0. The molecule has 0 aliphatic carbocycles. The Morgan fingerprint density at radius 2 is 1.08 bits per heavy atom. The Morgan fingerprint density at radius 1 is 0.720 bits per heavy atom. The van der Waals surface area contributed by atoms with Crippen LogP contribution in [0.2, 0.25) is 0 Å². The van der Waals surface area contributed by atoms with Crippen LogP contribution in [-0.4, -0.2) is 23.3 Å². The van der Waals surface area contributed by atoms with Gasteiger partial charge in [-0.1, -0.05) is 35.4 Å². The number of carbonyl (C=O) groups is 2. The van der Waals surface area contributed by atoms with E-state index in [0.717, 1.165) is 22.5 Å². The molecule has 0 aliphatic heterocycles. The minimum Gasteiger partial charge on any atom is -0.326 e. The summed E-state index contributed by atoms with van der Waals surface area (Å²) in [6.07, 6.45) is 0.885. The van der Waals surface area contributed by atoms with E-state index < -0.39 is 0 Å². The third-order valence-corrected chi connectivity index (χ3v) is 4.60. The Balaban J connectivity index is 1.57. The summed E-state index contributed by atoms with van der Waals surface area (Å²) in [5, 5.41) is 5.75. The molecule has 0 unspecified atom stereocenters. The third-order valence-electron chi connectivity index (χ3n) is 3.62. The summed E-state index contributed by atoms with van der Waals surface area (Å²) in [6.45, 7) is 4.02. The van der Waals surface area contributed by atoms with Crippen molar-refractivity contribution >= 4 is 35.0 Å². The highest BCUT2D eigenvalue weighted by molar-refractivity contribution is 7.99. The van der Waals surface area contributed by atoms with Crippen molar-refractivity contribution < 1.29 is 9.59 Å². The molecule has 0 heterocycles. The van der Waals surface area contributed by atoms with Gasteiger partial charge in [0, 0.05) is 35.7 Å². The lowest BCUT2D eigenvalue weighted by atomic mass is 10.2. The number of rotatable bonds is 8. The second kappa shape index (κ2) is 9.89. The molecule has 2 rings (SSSR count). The normalized spacial score (nSPS) is 10.3. The Morgan fingerprint density at radius 3 is 1.44 bits per heavy atom. The van der Waals surface area contributed by atoms with Crippen molar-refractivity contribution in [1.29, 1.82) is 0 Å². The Bertz CT molecular complexity index is 635. The van der Waals surface area contributed by atoms with E-state index in [1.165, 1.54) is 0 Å². The van der Waals surface area contributed by atoms with Gasteiger partial charge in [0.15, 0.2) is 0 Å². The molecule has 4 nitrogen and oxygen atoms in total. The number of thioether (sulfide) groups is 1. The molecule has 0 aromatic heterocycles.